The van der Waals surface area contributed by atoms with Crippen LogP contribution in [-0.2, 0) is 0 Å². The molecule has 0 N–H and O–H groups in total. The molecule has 0 bridgehead atoms. The molecular formula is C39H24N4. The Morgan fingerprint density at radius 3 is 1.70 bits per heavy atom. The van der Waals surface area contributed by atoms with Crippen LogP contribution in [0.3, 0.4) is 0 Å². The van der Waals surface area contributed by atoms with Crippen molar-refractivity contribution in [3.63, 3.8) is 0 Å². The minimum Gasteiger partial charge on any atom is -0.309 e. The highest BCUT2D eigenvalue weighted by molar-refractivity contribution is 6.12. The standard InChI is InChI=1S/C39H24N4/c1-25-10-4-7-13-34(25)42-38-19-16-26(22-32(38)33-24-28(41-3)18-21-39(33)42)31-23-27(40-2)17-20-37(31)43-35-14-8-5-11-29(35)30-12-6-9-15-36(30)43/h4-24H,1H3. The minimum atomic E-state index is 0.595. The van der Waals surface area contributed by atoms with Crippen LogP contribution in [0, 0.1) is 20.1 Å². The van der Waals surface area contributed by atoms with Gasteiger partial charge in [-0.15, -0.1) is 0 Å². The number of hydrogen-bond donors (Lipinski definition) is 0. The van der Waals surface area contributed by atoms with Gasteiger partial charge in [-0.2, -0.15) is 0 Å². The van der Waals surface area contributed by atoms with E-state index >= 15 is 0 Å². The molecule has 0 amide bonds. The summed E-state index contributed by atoms with van der Waals surface area (Å²) in [5, 5.41) is 4.50. The third-order valence-electron chi connectivity index (χ3n) is 8.48. The lowest BCUT2D eigenvalue weighted by molar-refractivity contribution is 1.15. The van der Waals surface area contributed by atoms with Gasteiger partial charge in [0.1, 0.15) is 0 Å². The summed E-state index contributed by atoms with van der Waals surface area (Å²) in [5.74, 6) is 0. The molecule has 200 valence electrons. The average Bonchev–Trinajstić information content (AvgIpc) is 3.56. The maximum absolute atomic E-state index is 7.80. The Morgan fingerprint density at radius 1 is 0.465 bits per heavy atom. The molecule has 0 unspecified atom stereocenters. The monoisotopic (exact) mass is 548 g/mol. The van der Waals surface area contributed by atoms with Gasteiger partial charge in [-0.05, 0) is 83.6 Å². The maximum Gasteiger partial charge on any atom is 0.188 e. The average molecular weight is 549 g/mol. The first kappa shape index (κ1) is 24.7. The Kier molecular flexibility index (Phi) is 5.44. The van der Waals surface area contributed by atoms with Crippen molar-refractivity contribution in [2.45, 2.75) is 6.92 Å². The van der Waals surface area contributed by atoms with Gasteiger partial charge in [-0.1, -0.05) is 72.8 Å². The highest BCUT2D eigenvalue weighted by atomic mass is 15.0. The molecule has 2 aromatic heterocycles. The maximum atomic E-state index is 7.80. The molecule has 4 heteroatoms. The van der Waals surface area contributed by atoms with Crippen LogP contribution in [0.1, 0.15) is 5.56 Å². The zero-order chi connectivity index (χ0) is 29.1. The largest absolute Gasteiger partial charge is 0.309 e. The lowest BCUT2D eigenvalue weighted by atomic mass is 10.00. The molecular weight excluding hydrogens is 524 g/mol. The molecule has 0 aliphatic heterocycles. The van der Waals surface area contributed by atoms with Crippen LogP contribution in [0.25, 0.3) is 75.8 Å². The molecule has 4 nitrogen and oxygen atoms in total. The first-order valence-corrected chi connectivity index (χ1v) is 14.2. The van der Waals surface area contributed by atoms with Gasteiger partial charge in [0.25, 0.3) is 0 Å². The molecule has 0 saturated heterocycles. The molecule has 0 atom stereocenters. The van der Waals surface area contributed by atoms with Gasteiger partial charge < -0.3 is 9.13 Å². The molecule has 8 rings (SSSR count). The molecule has 0 aliphatic carbocycles. The molecule has 43 heavy (non-hydrogen) atoms. The molecule has 2 heterocycles. The van der Waals surface area contributed by atoms with Crippen molar-refractivity contribution in [3.8, 4) is 22.5 Å². The Labute approximate surface area is 248 Å². The molecule has 0 fully saturated rings. The van der Waals surface area contributed by atoms with E-state index < -0.39 is 0 Å². The second kappa shape index (κ2) is 9.48. The fourth-order valence-corrected chi connectivity index (χ4v) is 6.52. The summed E-state index contributed by atoms with van der Waals surface area (Å²) in [4.78, 5) is 7.54. The van der Waals surface area contributed by atoms with Gasteiger partial charge in [-0.25, -0.2) is 9.69 Å². The van der Waals surface area contributed by atoms with Crippen molar-refractivity contribution in [3.05, 3.63) is 156 Å². The van der Waals surface area contributed by atoms with Crippen molar-refractivity contribution in [1.29, 1.82) is 0 Å². The molecule has 6 aromatic carbocycles. The fourth-order valence-electron chi connectivity index (χ4n) is 6.52. The Bertz CT molecular complexity index is 2440. The summed E-state index contributed by atoms with van der Waals surface area (Å²) in [6.45, 7) is 17.6. The molecule has 8 aromatic rings. The summed E-state index contributed by atoms with van der Waals surface area (Å²) < 4.78 is 4.60. The number of fused-ring (bicyclic) bond motifs is 6. The van der Waals surface area contributed by atoms with Crippen molar-refractivity contribution in [1.82, 2.24) is 9.13 Å². The van der Waals surface area contributed by atoms with Crippen molar-refractivity contribution in [2.24, 2.45) is 0 Å². The fraction of sp³-hybridized carbons (Fsp3) is 0.0256. The predicted molar refractivity (Wildman–Crippen MR) is 178 cm³/mol. The van der Waals surface area contributed by atoms with Gasteiger partial charge in [0.2, 0.25) is 0 Å². The highest BCUT2D eigenvalue weighted by Gasteiger charge is 2.19. The summed E-state index contributed by atoms with van der Waals surface area (Å²) in [5.41, 5.74) is 10.9. The smallest absolute Gasteiger partial charge is 0.188 e. The first-order valence-electron chi connectivity index (χ1n) is 14.2. The third-order valence-corrected chi connectivity index (χ3v) is 8.48. The summed E-state index contributed by atoms with van der Waals surface area (Å²) >= 11 is 0. The summed E-state index contributed by atoms with van der Waals surface area (Å²) in [6, 6.07) is 43.8. The molecule has 0 spiro atoms. The number of para-hydroxylation sites is 3. The zero-order valence-electron chi connectivity index (χ0n) is 23.4. The molecule has 0 aliphatic rings. The second-order valence-electron chi connectivity index (χ2n) is 10.9. The number of aromatic nitrogens is 2. The topological polar surface area (TPSA) is 18.6 Å². The van der Waals surface area contributed by atoms with Crippen molar-refractivity contribution < 1.29 is 0 Å². The number of aryl methyl sites for hydroxylation is 1. The van der Waals surface area contributed by atoms with Crippen molar-refractivity contribution in [2.75, 3.05) is 0 Å². The van der Waals surface area contributed by atoms with E-state index in [4.69, 9.17) is 13.1 Å². The Hall–Kier alpha value is -6.10. The zero-order valence-corrected chi connectivity index (χ0v) is 23.4. The lowest BCUT2D eigenvalue weighted by Gasteiger charge is -2.15. The molecule has 0 saturated carbocycles. The third kappa shape index (κ3) is 3.68. The van der Waals surface area contributed by atoms with E-state index in [0.717, 1.165) is 55.3 Å². The predicted octanol–water partition coefficient (Wildman–Crippen LogP) is 11.0. The summed E-state index contributed by atoms with van der Waals surface area (Å²) in [7, 11) is 0. The van der Waals surface area contributed by atoms with Crippen LogP contribution in [-0.4, -0.2) is 9.13 Å². The van der Waals surface area contributed by atoms with Crippen LogP contribution in [0.5, 0.6) is 0 Å². The van der Waals surface area contributed by atoms with Gasteiger partial charge in [0.15, 0.2) is 11.4 Å². The van der Waals surface area contributed by atoms with E-state index in [0.29, 0.717) is 11.4 Å². The van der Waals surface area contributed by atoms with Crippen molar-refractivity contribution >= 4 is 55.0 Å². The van der Waals surface area contributed by atoms with Gasteiger partial charge in [0, 0.05) is 21.8 Å². The lowest BCUT2D eigenvalue weighted by Crippen LogP contribution is -1.98. The van der Waals surface area contributed by atoms with Crippen LogP contribution in [0.4, 0.5) is 11.4 Å². The quantitative estimate of drug-likeness (QED) is 0.196. The SMILES string of the molecule is [C-]#[N+]c1ccc(-n2c3ccccc3c3ccccc32)c(-c2ccc3c(c2)c2cc([N+]#[C-])ccc2n3-c2ccccc2C)c1. The van der Waals surface area contributed by atoms with E-state index in [1.54, 1.807) is 0 Å². The van der Waals surface area contributed by atoms with Gasteiger partial charge in [0.05, 0.1) is 40.9 Å². The molecule has 0 radical (unpaired) electrons. The first-order chi connectivity index (χ1) is 21.2. The number of rotatable bonds is 3. The van der Waals surface area contributed by atoms with E-state index in [-0.39, 0.29) is 0 Å². The number of nitrogens with zero attached hydrogens (tertiary/aromatic N) is 4. The Balaban J connectivity index is 1.46. The van der Waals surface area contributed by atoms with Gasteiger partial charge >= 0.3 is 0 Å². The number of hydrogen-bond acceptors (Lipinski definition) is 0. The van der Waals surface area contributed by atoms with Crippen LogP contribution in [0.15, 0.2) is 127 Å². The van der Waals surface area contributed by atoms with Crippen LogP contribution in [0.2, 0.25) is 0 Å². The highest BCUT2D eigenvalue weighted by Crippen LogP contribution is 2.41. The number of benzene rings is 6. The van der Waals surface area contributed by atoms with Crippen LogP contribution >= 0.6 is 0 Å². The second-order valence-corrected chi connectivity index (χ2v) is 10.9. The minimum absolute atomic E-state index is 0.595. The van der Waals surface area contributed by atoms with Crippen LogP contribution < -0.4 is 0 Å². The normalized spacial score (nSPS) is 11.3. The Morgan fingerprint density at radius 2 is 1.00 bits per heavy atom. The summed E-state index contributed by atoms with van der Waals surface area (Å²) in [6.07, 6.45) is 0. The van der Waals surface area contributed by atoms with E-state index in [1.807, 2.05) is 24.3 Å². The van der Waals surface area contributed by atoms with E-state index in [2.05, 4.69) is 129 Å². The van der Waals surface area contributed by atoms with E-state index in [1.165, 1.54) is 16.3 Å². The van der Waals surface area contributed by atoms with E-state index in [9.17, 15) is 0 Å². The van der Waals surface area contributed by atoms with Gasteiger partial charge in [-0.3, -0.25) is 0 Å².